The molecule has 0 radical (unpaired) electrons. The largest absolute Gasteiger partial charge is 0.451 e. The Morgan fingerprint density at radius 2 is 1.76 bits per heavy atom. The number of guanidine groups is 1. The molecule has 3 aliphatic rings. The first-order chi connectivity index (χ1) is 23.5. The van der Waals surface area contributed by atoms with Gasteiger partial charge in [-0.2, -0.15) is 26.3 Å². The van der Waals surface area contributed by atoms with E-state index in [9.17, 15) is 40.3 Å². The molecule has 1 fully saturated rings. The van der Waals surface area contributed by atoms with E-state index in [1.165, 1.54) is 35.2 Å². The van der Waals surface area contributed by atoms with Crippen LogP contribution in [-0.4, -0.2) is 62.1 Å². The van der Waals surface area contributed by atoms with Crippen LogP contribution in [0.4, 0.5) is 30.7 Å². The van der Waals surface area contributed by atoms with E-state index in [1.807, 2.05) is 13.8 Å². The van der Waals surface area contributed by atoms with E-state index in [1.54, 1.807) is 0 Å². The maximum absolute atomic E-state index is 14.6. The Balaban J connectivity index is 1.39. The molecule has 1 aromatic heterocycles. The first-order valence-electron chi connectivity index (χ1n) is 16.0. The van der Waals surface area contributed by atoms with Crippen LogP contribution in [0.1, 0.15) is 77.8 Å². The Kier molecular flexibility index (Phi) is 9.16. The summed E-state index contributed by atoms with van der Waals surface area (Å²) in [5, 5.41) is 6.69. The van der Waals surface area contributed by atoms with Crippen LogP contribution in [0.5, 0.6) is 0 Å². The lowest BCUT2D eigenvalue weighted by Crippen LogP contribution is -2.46. The summed E-state index contributed by atoms with van der Waals surface area (Å²) in [7, 11) is 0. The van der Waals surface area contributed by atoms with Crippen LogP contribution in [0.25, 0.3) is 0 Å². The highest BCUT2D eigenvalue weighted by Gasteiger charge is 2.53. The molecule has 10 nitrogen and oxygen atoms in total. The molecular weight excluding hydrogens is 675 g/mol. The van der Waals surface area contributed by atoms with Gasteiger partial charge in [0.2, 0.25) is 5.82 Å². The van der Waals surface area contributed by atoms with Crippen LogP contribution in [0, 0.1) is 17.7 Å². The minimum atomic E-state index is -4.97. The molecule has 2 unspecified atom stereocenters. The molecule has 4 heterocycles. The van der Waals surface area contributed by atoms with Crippen molar-refractivity contribution >= 4 is 17.8 Å². The van der Waals surface area contributed by atoms with E-state index in [4.69, 9.17) is 10.5 Å². The van der Waals surface area contributed by atoms with Crippen LogP contribution in [0.15, 0.2) is 47.5 Å². The molecule has 2 aromatic carbocycles. The first-order valence-corrected chi connectivity index (χ1v) is 16.0. The van der Waals surface area contributed by atoms with Crippen molar-refractivity contribution in [1.29, 1.82) is 0 Å². The third-order valence-electron chi connectivity index (χ3n) is 9.32. The van der Waals surface area contributed by atoms with E-state index in [0.29, 0.717) is 25.2 Å². The molecule has 1 saturated heterocycles. The molecule has 268 valence electrons. The molecule has 3 atom stereocenters. The van der Waals surface area contributed by atoms with Gasteiger partial charge in [0.1, 0.15) is 5.82 Å². The smallest absolute Gasteiger partial charge is 0.381 e. The Morgan fingerprint density at radius 1 is 1.04 bits per heavy atom. The fraction of sp³-hybridized carbons (Fsp3) is 0.485. The molecule has 2 N–H and O–H groups in total. The SMILES string of the molecule is CC(C)CC(c1ccc(C(F)(F)F)c(C(=O)N2CCn3c(nnc3C(F)(F)F)C2)c1)N1C(=O)C(C[C@@H]2CCOC2)(c2ccc(F)cc2)N=C1N. The first kappa shape index (κ1) is 35.3. The molecule has 0 spiro atoms. The lowest BCUT2D eigenvalue weighted by atomic mass is 9.80. The van der Waals surface area contributed by atoms with Crippen LogP contribution in [0.2, 0.25) is 0 Å². The second-order valence-corrected chi connectivity index (χ2v) is 13.2. The van der Waals surface area contributed by atoms with Gasteiger partial charge in [-0.3, -0.25) is 14.5 Å². The number of rotatable bonds is 8. The number of hydrogen-bond donors (Lipinski definition) is 1. The van der Waals surface area contributed by atoms with Crippen LogP contribution >= 0.6 is 0 Å². The zero-order chi connectivity index (χ0) is 36.2. The van der Waals surface area contributed by atoms with Gasteiger partial charge in [0.05, 0.1) is 23.7 Å². The van der Waals surface area contributed by atoms with Gasteiger partial charge in [0.25, 0.3) is 11.8 Å². The minimum absolute atomic E-state index is 0.0816. The van der Waals surface area contributed by atoms with E-state index in [2.05, 4.69) is 15.2 Å². The number of hydrogen-bond acceptors (Lipinski definition) is 7. The fourth-order valence-corrected chi connectivity index (χ4v) is 6.97. The zero-order valence-corrected chi connectivity index (χ0v) is 27.1. The number of benzene rings is 2. The number of halogens is 7. The van der Waals surface area contributed by atoms with Gasteiger partial charge in [0.15, 0.2) is 17.3 Å². The maximum Gasteiger partial charge on any atom is 0.451 e. The monoisotopic (exact) mass is 709 g/mol. The summed E-state index contributed by atoms with van der Waals surface area (Å²) >= 11 is 0. The third kappa shape index (κ3) is 6.54. The molecule has 3 aromatic rings. The predicted octanol–water partition coefficient (Wildman–Crippen LogP) is 5.68. The Labute approximate surface area is 282 Å². The van der Waals surface area contributed by atoms with Gasteiger partial charge in [-0.05, 0) is 66.5 Å². The second kappa shape index (κ2) is 13.0. The van der Waals surface area contributed by atoms with Crippen molar-refractivity contribution in [3.63, 3.8) is 0 Å². The number of fused-ring (bicyclic) bond motifs is 1. The number of ether oxygens (including phenoxy) is 1. The van der Waals surface area contributed by atoms with Crippen molar-refractivity contribution in [2.45, 2.75) is 70.1 Å². The molecule has 17 heteroatoms. The number of aliphatic imine (C=N–C) groups is 1. The zero-order valence-electron chi connectivity index (χ0n) is 27.1. The number of alkyl halides is 6. The van der Waals surface area contributed by atoms with Crippen molar-refractivity contribution in [3.05, 3.63) is 82.2 Å². The summed E-state index contributed by atoms with van der Waals surface area (Å²) in [6.45, 7) is 3.33. The minimum Gasteiger partial charge on any atom is -0.381 e. The van der Waals surface area contributed by atoms with E-state index in [0.717, 1.165) is 21.6 Å². The number of carbonyl (C=O) groups is 2. The summed E-state index contributed by atoms with van der Waals surface area (Å²) in [6, 6.07) is 7.33. The predicted molar refractivity (Wildman–Crippen MR) is 163 cm³/mol. The average molecular weight is 710 g/mol. The fourth-order valence-electron chi connectivity index (χ4n) is 6.97. The highest BCUT2D eigenvalue weighted by atomic mass is 19.4. The molecule has 3 aliphatic heterocycles. The van der Waals surface area contributed by atoms with Crippen molar-refractivity contribution in [3.8, 4) is 0 Å². The number of nitrogens with two attached hydrogens (primary N) is 1. The molecule has 6 rings (SSSR count). The number of aromatic nitrogens is 3. The lowest BCUT2D eigenvalue weighted by Gasteiger charge is -2.34. The van der Waals surface area contributed by atoms with Gasteiger partial charge in [-0.15, -0.1) is 10.2 Å². The van der Waals surface area contributed by atoms with E-state index in [-0.39, 0.29) is 55.1 Å². The van der Waals surface area contributed by atoms with Gasteiger partial charge < -0.3 is 19.9 Å². The second-order valence-electron chi connectivity index (χ2n) is 13.2. The third-order valence-corrected chi connectivity index (χ3v) is 9.32. The summed E-state index contributed by atoms with van der Waals surface area (Å²) in [4.78, 5) is 35.3. The Bertz CT molecular complexity index is 1800. The Hall–Kier alpha value is -4.54. The molecule has 0 aliphatic carbocycles. The molecule has 0 bridgehead atoms. The molecule has 2 amide bonds. The van der Waals surface area contributed by atoms with E-state index < -0.39 is 65.1 Å². The summed E-state index contributed by atoms with van der Waals surface area (Å²) in [6.07, 6.45) is -8.73. The van der Waals surface area contributed by atoms with Crippen molar-refractivity contribution in [2.24, 2.45) is 22.6 Å². The highest BCUT2D eigenvalue weighted by molar-refractivity contribution is 6.07. The number of nitrogens with zero attached hydrogens (tertiary/aromatic N) is 6. The normalized spacial score (nSPS) is 21.9. The van der Waals surface area contributed by atoms with Gasteiger partial charge >= 0.3 is 12.4 Å². The lowest BCUT2D eigenvalue weighted by molar-refractivity contribution is -0.148. The van der Waals surface area contributed by atoms with Crippen molar-refractivity contribution in [1.82, 2.24) is 24.6 Å². The molecule has 0 saturated carbocycles. The van der Waals surface area contributed by atoms with Crippen molar-refractivity contribution < 1.29 is 45.1 Å². The quantitative estimate of drug-likeness (QED) is 0.301. The number of amides is 2. The van der Waals surface area contributed by atoms with Crippen molar-refractivity contribution in [2.75, 3.05) is 19.8 Å². The molecule has 50 heavy (non-hydrogen) atoms. The van der Waals surface area contributed by atoms with Crippen LogP contribution < -0.4 is 5.73 Å². The standard InChI is InChI=1S/C33H34F7N7O3/c1-18(2)13-25(47-29(49)31(42-30(47)41,15-19-9-12-50-17-19)21-4-6-22(34)7-5-21)20-3-8-24(32(35,36)37)23(14-20)27(48)45-10-11-46-26(16-45)43-44-28(46)33(38,39)40/h3-8,14,18-19,25H,9-13,15-17H2,1-2H3,(H2,41,42)/t19-,25?,31?/m0/s1. The maximum atomic E-state index is 14.6. The van der Waals surface area contributed by atoms with Gasteiger partial charge in [0, 0.05) is 26.3 Å². The summed E-state index contributed by atoms with van der Waals surface area (Å²) in [5.41, 5.74) is 3.48. The number of carbonyl (C=O) groups excluding carboxylic acids is 2. The van der Waals surface area contributed by atoms with Crippen LogP contribution in [-0.2, 0) is 40.5 Å². The van der Waals surface area contributed by atoms with Crippen LogP contribution in [0.3, 0.4) is 0 Å². The summed E-state index contributed by atoms with van der Waals surface area (Å²) in [5.74, 6) is -4.04. The van der Waals surface area contributed by atoms with Gasteiger partial charge in [-0.25, -0.2) is 9.38 Å². The van der Waals surface area contributed by atoms with Gasteiger partial charge in [-0.1, -0.05) is 32.0 Å². The summed E-state index contributed by atoms with van der Waals surface area (Å²) < 4.78 is 104. The Morgan fingerprint density at radius 3 is 2.38 bits per heavy atom. The van der Waals surface area contributed by atoms with E-state index >= 15 is 0 Å². The highest BCUT2D eigenvalue weighted by Crippen LogP contribution is 2.45. The average Bonchev–Trinajstić information content (AvgIpc) is 3.77. The topological polar surface area (TPSA) is 119 Å². The molecular formula is C33H34F7N7O3.